The van der Waals surface area contributed by atoms with Gasteiger partial charge in [-0.3, -0.25) is 0 Å². The highest BCUT2D eigenvalue weighted by molar-refractivity contribution is 6.11. The minimum Gasteiger partial charge on any atom is -0.310 e. The molecule has 3 heterocycles. The lowest BCUT2D eigenvalue weighted by Crippen LogP contribution is -2.29. The molecule has 0 atom stereocenters. The molecule has 2 heteroatoms. The van der Waals surface area contributed by atoms with Gasteiger partial charge in [0, 0.05) is 27.3 Å². The number of fused-ring (bicyclic) bond motifs is 8. The number of aromatic nitrogens is 2. The Hall–Kier alpha value is -4.56. The second-order valence-electron chi connectivity index (χ2n) is 12.4. The van der Waals surface area contributed by atoms with Gasteiger partial charge in [0.2, 0.25) is 0 Å². The van der Waals surface area contributed by atoms with E-state index in [9.17, 15) is 0 Å². The Labute approximate surface area is 240 Å². The van der Waals surface area contributed by atoms with Gasteiger partial charge >= 0.3 is 0 Å². The fraction of sp³-hybridized carbons (Fsp3) is 0.179. The van der Waals surface area contributed by atoms with Crippen LogP contribution in [0.1, 0.15) is 49.9 Å². The van der Waals surface area contributed by atoms with Crippen molar-refractivity contribution in [3.63, 3.8) is 0 Å². The van der Waals surface area contributed by atoms with Gasteiger partial charge in [0.05, 0.1) is 27.9 Å². The van der Waals surface area contributed by atoms with Crippen LogP contribution in [0.25, 0.3) is 60.8 Å². The molecule has 0 amide bonds. The highest BCUT2D eigenvalue weighted by Gasteiger charge is 2.39. The average molecular weight is 529 g/mol. The topological polar surface area (TPSA) is 9.86 Å². The van der Waals surface area contributed by atoms with Crippen molar-refractivity contribution in [2.75, 3.05) is 0 Å². The SMILES string of the molecule is CC1(C)C2=CCCc3c2n(c2ccccc32)-c2ccc(-c3ccc4c(c3)c3ccccc3n4C3=CCCC=C3)cc21. The third-order valence-electron chi connectivity index (χ3n) is 9.80. The van der Waals surface area contributed by atoms with Gasteiger partial charge in [-0.05, 0) is 96.0 Å². The number of para-hydroxylation sites is 2. The Morgan fingerprint density at radius 2 is 1.37 bits per heavy atom. The van der Waals surface area contributed by atoms with E-state index in [1.807, 2.05) is 0 Å². The zero-order valence-corrected chi connectivity index (χ0v) is 23.6. The van der Waals surface area contributed by atoms with E-state index in [1.165, 1.54) is 77.6 Å². The largest absolute Gasteiger partial charge is 0.310 e. The monoisotopic (exact) mass is 528 g/mol. The van der Waals surface area contributed by atoms with Crippen molar-refractivity contribution in [3.05, 3.63) is 126 Å². The standard InChI is InChI=1S/C39H32N2/c1-39(2)32-16-10-15-30-28-13-6-9-18-35(28)41(38(30)32)37-22-20-26(24-33(37)39)25-19-21-36-31(23-25)29-14-7-8-17-34(29)40(36)27-11-4-3-5-12-27/h4,6-9,11-14,16-24H,3,5,10,15H2,1-2H3. The molecular weight excluding hydrogens is 496 g/mol. The van der Waals surface area contributed by atoms with E-state index in [1.54, 1.807) is 0 Å². The van der Waals surface area contributed by atoms with E-state index in [2.05, 4.69) is 132 Å². The van der Waals surface area contributed by atoms with Crippen LogP contribution < -0.4 is 0 Å². The summed E-state index contributed by atoms with van der Waals surface area (Å²) < 4.78 is 4.98. The molecule has 41 heavy (non-hydrogen) atoms. The van der Waals surface area contributed by atoms with E-state index in [4.69, 9.17) is 0 Å². The summed E-state index contributed by atoms with van der Waals surface area (Å²) in [6, 6.07) is 32.0. The minimum absolute atomic E-state index is 0.0647. The van der Waals surface area contributed by atoms with Crippen LogP contribution in [-0.2, 0) is 11.8 Å². The molecule has 0 radical (unpaired) electrons. The van der Waals surface area contributed by atoms with Gasteiger partial charge in [0.1, 0.15) is 0 Å². The third kappa shape index (κ3) is 3.08. The maximum atomic E-state index is 2.54. The summed E-state index contributed by atoms with van der Waals surface area (Å²) in [6.45, 7) is 4.83. The Balaban J connectivity index is 1.27. The van der Waals surface area contributed by atoms with Crippen molar-refractivity contribution in [3.8, 4) is 16.8 Å². The smallest absolute Gasteiger partial charge is 0.0541 e. The number of hydrogen-bond donors (Lipinski definition) is 0. The second kappa shape index (κ2) is 8.24. The van der Waals surface area contributed by atoms with Gasteiger partial charge in [0.15, 0.2) is 0 Å². The molecule has 9 rings (SSSR count). The van der Waals surface area contributed by atoms with Gasteiger partial charge in [-0.15, -0.1) is 0 Å². The number of hydrogen-bond acceptors (Lipinski definition) is 0. The molecule has 0 saturated carbocycles. The van der Waals surface area contributed by atoms with Gasteiger partial charge in [-0.2, -0.15) is 0 Å². The molecule has 0 N–H and O–H groups in total. The van der Waals surface area contributed by atoms with Crippen LogP contribution in [-0.4, -0.2) is 9.13 Å². The number of benzene rings is 4. The first-order valence-corrected chi connectivity index (χ1v) is 15.0. The normalized spacial score (nSPS) is 17.0. The van der Waals surface area contributed by atoms with Crippen LogP contribution in [0.2, 0.25) is 0 Å². The van der Waals surface area contributed by atoms with E-state index < -0.39 is 0 Å². The van der Waals surface area contributed by atoms with Crippen LogP contribution in [0, 0.1) is 0 Å². The van der Waals surface area contributed by atoms with Crippen molar-refractivity contribution in [1.82, 2.24) is 9.13 Å². The van der Waals surface area contributed by atoms with Crippen molar-refractivity contribution in [2.45, 2.75) is 44.9 Å². The fourth-order valence-corrected chi connectivity index (χ4v) is 7.85. The third-order valence-corrected chi connectivity index (χ3v) is 9.80. The van der Waals surface area contributed by atoms with Gasteiger partial charge in [-0.1, -0.05) is 80.6 Å². The molecule has 3 aliphatic rings. The summed E-state index contributed by atoms with van der Waals surface area (Å²) in [7, 11) is 0. The molecule has 0 fully saturated rings. The predicted octanol–water partition coefficient (Wildman–Crippen LogP) is 10.2. The highest BCUT2D eigenvalue weighted by Crippen LogP contribution is 2.52. The van der Waals surface area contributed by atoms with E-state index >= 15 is 0 Å². The quantitative estimate of drug-likeness (QED) is 0.212. The first kappa shape index (κ1) is 23.2. The molecule has 0 bridgehead atoms. The Morgan fingerprint density at radius 1 is 0.634 bits per heavy atom. The van der Waals surface area contributed by atoms with Gasteiger partial charge < -0.3 is 9.13 Å². The number of aryl methyl sites for hydroxylation is 1. The fourth-order valence-electron chi connectivity index (χ4n) is 7.85. The van der Waals surface area contributed by atoms with Crippen molar-refractivity contribution < 1.29 is 0 Å². The highest BCUT2D eigenvalue weighted by atomic mass is 15.0. The van der Waals surface area contributed by atoms with Gasteiger partial charge in [0.25, 0.3) is 0 Å². The summed E-state index contributed by atoms with van der Waals surface area (Å²) in [5.41, 5.74) is 14.8. The van der Waals surface area contributed by atoms with E-state index in [-0.39, 0.29) is 5.41 Å². The molecule has 0 spiro atoms. The summed E-state index contributed by atoms with van der Waals surface area (Å²) in [4.78, 5) is 0. The molecular formula is C39H32N2. The molecule has 4 aromatic carbocycles. The average Bonchev–Trinajstić information content (AvgIpc) is 3.53. The molecule has 2 aliphatic carbocycles. The zero-order chi connectivity index (χ0) is 27.3. The lowest BCUT2D eigenvalue weighted by Gasteiger charge is -2.39. The summed E-state index contributed by atoms with van der Waals surface area (Å²) in [5.74, 6) is 0. The molecule has 2 aromatic heterocycles. The molecule has 1 aliphatic heterocycles. The Morgan fingerprint density at radius 3 is 2.20 bits per heavy atom. The predicted molar refractivity (Wildman–Crippen MR) is 174 cm³/mol. The van der Waals surface area contributed by atoms with E-state index in [0.29, 0.717) is 0 Å². The molecule has 2 nitrogen and oxygen atoms in total. The Kier molecular flexibility index (Phi) is 4.66. The van der Waals surface area contributed by atoms with Crippen LogP contribution in [0.4, 0.5) is 0 Å². The van der Waals surface area contributed by atoms with Crippen LogP contribution >= 0.6 is 0 Å². The second-order valence-corrected chi connectivity index (χ2v) is 12.4. The molecule has 198 valence electrons. The number of allylic oxidation sites excluding steroid dienone is 6. The molecule has 6 aromatic rings. The summed E-state index contributed by atoms with van der Waals surface area (Å²) in [5, 5.41) is 4.03. The number of rotatable bonds is 2. The first-order valence-electron chi connectivity index (χ1n) is 15.0. The van der Waals surface area contributed by atoms with E-state index in [0.717, 1.165) is 25.7 Å². The maximum absolute atomic E-state index is 2.54. The maximum Gasteiger partial charge on any atom is 0.0541 e. The molecule has 0 unspecified atom stereocenters. The zero-order valence-electron chi connectivity index (χ0n) is 23.6. The van der Waals surface area contributed by atoms with Crippen molar-refractivity contribution in [1.29, 1.82) is 0 Å². The lowest BCUT2D eigenvalue weighted by atomic mass is 9.70. The Bertz CT molecular complexity index is 2170. The van der Waals surface area contributed by atoms with Crippen molar-refractivity contribution in [2.24, 2.45) is 0 Å². The minimum atomic E-state index is -0.0647. The molecule has 0 saturated heterocycles. The lowest BCUT2D eigenvalue weighted by molar-refractivity contribution is 0.654. The van der Waals surface area contributed by atoms with Crippen molar-refractivity contribution >= 4 is 44.0 Å². The first-order chi connectivity index (χ1) is 20.1. The van der Waals surface area contributed by atoms with Gasteiger partial charge in [-0.25, -0.2) is 0 Å². The summed E-state index contributed by atoms with van der Waals surface area (Å²) in [6.07, 6.45) is 13.9. The summed E-state index contributed by atoms with van der Waals surface area (Å²) >= 11 is 0. The number of nitrogens with zero attached hydrogens (tertiary/aromatic N) is 2. The van der Waals surface area contributed by atoms with Crippen LogP contribution in [0.3, 0.4) is 0 Å². The van der Waals surface area contributed by atoms with Crippen LogP contribution in [0.5, 0.6) is 0 Å². The van der Waals surface area contributed by atoms with Crippen LogP contribution in [0.15, 0.2) is 109 Å².